The first-order chi connectivity index (χ1) is 5.57. The second-order valence-corrected chi connectivity index (χ2v) is 2.38. The Hall–Kier alpha value is -1.44. The topological polar surface area (TPSA) is 41.6 Å². The molecule has 3 nitrogen and oxygen atoms in total. The van der Waals surface area contributed by atoms with E-state index in [2.05, 4.69) is 5.10 Å². The number of aryl methyl sites for hydroxylation is 1. The molecule has 0 N–H and O–H groups in total. The number of halogens is 2. The summed E-state index contributed by atoms with van der Waals surface area (Å²) in [5, 5.41) is 12.1. The van der Waals surface area contributed by atoms with Crippen LogP contribution in [0.15, 0.2) is 0 Å². The summed E-state index contributed by atoms with van der Waals surface area (Å²) in [5.74, 6) is 0. The van der Waals surface area contributed by atoms with E-state index in [1.165, 1.54) is 13.8 Å². The monoisotopic (exact) mass is 171 g/mol. The maximum atomic E-state index is 12.1. The number of hydrogen-bond donors (Lipinski definition) is 0. The van der Waals surface area contributed by atoms with Crippen LogP contribution >= 0.6 is 0 Å². The molecule has 0 aliphatic rings. The van der Waals surface area contributed by atoms with E-state index in [0.29, 0.717) is 10.4 Å². The van der Waals surface area contributed by atoms with Gasteiger partial charge < -0.3 is 0 Å². The molecule has 5 heteroatoms. The van der Waals surface area contributed by atoms with E-state index in [1.54, 1.807) is 0 Å². The molecule has 0 saturated carbocycles. The number of aromatic nitrogens is 2. The van der Waals surface area contributed by atoms with Crippen molar-refractivity contribution < 1.29 is 8.78 Å². The lowest BCUT2D eigenvalue weighted by Crippen LogP contribution is -2.02. The molecule has 0 unspecified atom stereocenters. The van der Waals surface area contributed by atoms with Gasteiger partial charge in [-0.3, -0.25) is 0 Å². The lowest BCUT2D eigenvalue weighted by atomic mass is 10.2. The van der Waals surface area contributed by atoms with Crippen molar-refractivity contribution in [1.29, 1.82) is 5.26 Å². The molecule has 0 atom stereocenters. The van der Waals surface area contributed by atoms with Crippen molar-refractivity contribution in [3.63, 3.8) is 0 Å². The summed E-state index contributed by atoms with van der Waals surface area (Å²) < 4.78 is 24.8. The molecule has 0 spiro atoms. The molecule has 1 aromatic rings. The fraction of sp³-hybridized carbons (Fsp3) is 0.429. The van der Waals surface area contributed by atoms with Crippen LogP contribution < -0.4 is 0 Å². The van der Waals surface area contributed by atoms with Crippen LogP contribution in [0.1, 0.15) is 23.5 Å². The van der Waals surface area contributed by atoms with Crippen molar-refractivity contribution in [3.05, 3.63) is 17.0 Å². The summed E-state index contributed by atoms with van der Waals surface area (Å²) >= 11 is 0. The lowest BCUT2D eigenvalue weighted by molar-refractivity contribution is 0.0541. The molecule has 0 amide bonds. The highest BCUT2D eigenvalue weighted by molar-refractivity contribution is 5.36. The van der Waals surface area contributed by atoms with Gasteiger partial charge in [-0.2, -0.15) is 19.1 Å². The van der Waals surface area contributed by atoms with Crippen LogP contribution in [0, 0.1) is 25.2 Å². The van der Waals surface area contributed by atoms with Crippen LogP contribution in [0.5, 0.6) is 0 Å². The number of alkyl halides is 2. The van der Waals surface area contributed by atoms with Crippen molar-refractivity contribution in [3.8, 4) is 6.07 Å². The van der Waals surface area contributed by atoms with E-state index in [4.69, 9.17) is 5.26 Å². The van der Waals surface area contributed by atoms with Crippen molar-refractivity contribution in [2.24, 2.45) is 0 Å². The Morgan fingerprint density at radius 2 is 2.08 bits per heavy atom. The van der Waals surface area contributed by atoms with E-state index in [0.717, 1.165) is 0 Å². The van der Waals surface area contributed by atoms with Crippen LogP contribution in [0.3, 0.4) is 0 Å². The maximum Gasteiger partial charge on any atom is 0.333 e. The normalized spacial score (nSPS) is 10.3. The van der Waals surface area contributed by atoms with E-state index >= 15 is 0 Å². The second kappa shape index (κ2) is 2.89. The fourth-order valence-electron chi connectivity index (χ4n) is 1.01. The van der Waals surface area contributed by atoms with Gasteiger partial charge in [0.05, 0.1) is 17.0 Å². The fourth-order valence-corrected chi connectivity index (χ4v) is 1.01. The maximum absolute atomic E-state index is 12.1. The van der Waals surface area contributed by atoms with Crippen molar-refractivity contribution in [2.75, 3.05) is 0 Å². The van der Waals surface area contributed by atoms with Crippen LogP contribution in [0.25, 0.3) is 0 Å². The Morgan fingerprint density at radius 1 is 1.50 bits per heavy atom. The summed E-state index contributed by atoms with van der Waals surface area (Å²) in [6.07, 6.45) is 0. The molecule has 0 aliphatic carbocycles. The number of rotatable bonds is 1. The Labute approximate surface area is 68.2 Å². The molecule has 0 aromatic carbocycles. The molecule has 1 heterocycles. The average molecular weight is 171 g/mol. The largest absolute Gasteiger partial charge is 0.333 e. The van der Waals surface area contributed by atoms with Crippen LogP contribution in [0.4, 0.5) is 8.78 Å². The van der Waals surface area contributed by atoms with E-state index in [9.17, 15) is 8.78 Å². The van der Waals surface area contributed by atoms with Crippen molar-refractivity contribution >= 4 is 0 Å². The van der Waals surface area contributed by atoms with Crippen molar-refractivity contribution in [1.82, 2.24) is 9.78 Å². The van der Waals surface area contributed by atoms with Gasteiger partial charge in [-0.1, -0.05) is 0 Å². The lowest BCUT2D eigenvalue weighted by Gasteiger charge is -1.99. The molecule has 1 rings (SSSR count). The van der Waals surface area contributed by atoms with Gasteiger partial charge in [-0.05, 0) is 13.8 Å². The third-order valence-corrected chi connectivity index (χ3v) is 1.62. The van der Waals surface area contributed by atoms with Crippen molar-refractivity contribution in [2.45, 2.75) is 20.4 Å². The highest BCUT2D eigenvalue weighted by atomic mass is 19.3. The first-order valence-electron chi connectivity index (χ1n) is 3.32. The molecule has 1 aromatic heterocycles. The minimum absolute atomic E-state index is 0.213. The predicted octanol–water partition coefficient (Wildman–Crippen LogP) is 1.77. The summed E-state index contributed by atoms with van der Waals surface area (Å²) in [4.78, 5) is 0. The Bertz CT molecular complexity index is 335. The van der Waals surface area contributed by atoms with Gasteiger partial charge in [0.2, 0.25) is 0 Å². The molecule has 12 heavy (non-hydrogen) atoms. The van der Waals surface area contributed by atoms with Gasteiger partial charge in [-0.25, -0.2) is 4.68 Å². The van der Waals surface area contributed by atoms with Gasteiger partial charge in [0, 0.05) is 0 Å². The Morgan fingerprint density at radius 3 is 2.33 bits per heavy atom. The van der Waals surface area contributed by atoms with Crippen LogP contribution in [-0.4, -0.2) is 9.78 Å². The summed E-state index contributed by atoms with van der Waals surface area (Å²) in [6.45, 7) is 0.306. The van der Waals surface area contributed by atoms with E-state index in [1.807, 2.05) is 6.07 Å². The van der Waals surface area contributed by atoms with Gasteiger partial charge >= 0.3 is 6.55 Å². The highest BCUT2D eigenvalue weighted by Crippen LogP contribution is 2.17. The number of nitriles is 1. The summed E-state index contributed by atoms with van der Waals surface area (Å²) in [6, 6.07) is 1.82. The third-order valence-electron chi connectivity index (χ3n) is 1.62. The number of hydrogen-bond acceptors (Lipinski definition) is 2. The molecule has 0 fully saturated rings. The van der Waals surface area contributed by atoms with Gasteiger partial charge in [0.25, 0.3) is 0 Å². The standard InChI is InChI=1S/C7H7F2N3/c1-4-6(3-10)5(2)12(11-4)7(8)9/h7H,1-2H3. The highest BCUT2D eigenvalue weighted by Gasteiger charge is 2.16. The SMILES string of the molecule is Cc1nn(C(F)F)c(C)c1C#N. The molecular formula is C7H7F2N3. The minimum atomic E-state index is -2.68. The first kappa shape index (κ1) is 8.65. The van der Waals surface area contributed by atoms with Gasteiger partial charge in [0.15, 0.2) is 0 Å². The van der Waals surface area contributed by atoms with E-state index in [-0.39, 0.29) is 11.3 Å². The summed E-state index contributed by atoms with van der Waals surface area (Å²) in [7, 11) is 0. The first-order valence-corrected chi connectivity index (χ1v) is 3.32. The quantitative estimate of drug-likeness (QED) is 0.646. The minimum Gasteiger partial charge on any atom is -0.207 e. The number of nitrogens with zero attached hydrogens (tertiary/aromatic N) is 3. The van der Waals surface area contributed by atoms with Gasteiger partial charge in [-0.15, -0.1) is 0 Å². The van der Waals surface area contributed by atoms with Crippen LogP contribution in [-0.2, 0) is 0 Å². The smallest absolute Gasteiger partial charge is 0.207 e. The Balaban J connectivity index is 3.29. The Kier molecular flexibility index (Phi) is 2.09. The van der Waals surface area contributed by atoms with E-state index < -0.39 is 6.55 Å². The zero-order valence-electron chi connectivity index (χ0n) is 6.67. The third kappa shape index (κ3) is 1.16. The molecule has 0 aliphatic heterocycles. The molecule has 0 bridgehead atoms. The predicted molar refractivity (Wildman–Crippen MR) is 37.7 cm³/mol. The summed E-state index contributed by atoms with van der Waals surface area (Å²) in [5.41, 5.74) is 0.788. The molecule has 64 valence electrons. The molecular weight excluding hydrogens is 164 g/mol. The van der Waals surface area contributed by atoms with Gasteiger partial charge in [0.1, 0.15) is 6.07 Å². The molecule has 0 saturated heterocycles. The second-order valence-electron chi connectivity index (χ2n) is 2.38. The molecule has 0 radical (unpaired) electrons. The van der Waals surface area contributed by atoms with Crippen LogP contribution in [0.2, 0.25) is 0 Å². The zero-order valence-corrected chi connectivity index (χ0v) is 6.67. The average Bonchev–Trinajstić information content (AvgIpc) is 2.27. The zero-order chi connectivity index (χ0) is 9.30.